The second-order valence-electron chi connectivity index (χ2n) is 5.52. The number of nitrogens with one attached hydrogen (secondary N) is 1. The van der Waals surface area contributed by atoms with Crippen LogP contribution in [0.5, 0.6) is 5.75 Å². The van der Waals surface area contributed by atoms with E-state index in [2.05, 4.69) is 15.3 Å². The van der Waals surface area contributed by atoms with Crippen molar-refractivity contribution in [1.29, 1.82) is 0 Å². The predicted octanol–water partition coefficient (Wildman–Crippen LogP) is 5.24. The van der Waals surface area contributed by atoms with Gasteiger partial charge in [-0.05, 0) is 31.2 Å². The van der Waals surface area contributed by atoms with Crippen LogP contribution in [0.2, 0.25) is 0 Å². The summed E-state index contributed by atoms with van der Waals surface area (Å²) in [5, 5.41) is 5.94. The number of hydrogen-bond acceptors (Lipinski definition) is 5. The molecule has 4 rings (SSSR count). The van der Waals surface area contributed by atoms with Crippen molar-refractivity contribution >= 4 is 44.8 Å². The first-order valence-corrected chi connectivity index (χ1v) is 8.53. The average molecular weight is 435 g/mol. The molecule has 0 atom stereocenters. The van der Waals surface area contributed by atoms with E-state index >= 15 is 0 Å². The smallest absolute Gasteiger partial charge is 0.187 e. The number of fused-ring (bicyclic) bond motifs is 1. The average Bonchev–Trinajstić information content (AvgIpc) is 3.18. The summed E-state index contributed by atoms with van der Waals surface area (Å²) in [6.07, 6.45) is 1.43. The Bertz CT molecular complexity index is 1060. The summed E-state index contributed by atoms with van der Waals surface area (Å²) in [4.78, 5) is 9.10. The fraction of sp³-hybridized carbons (Fsp3) is 0.111. The monoisotopic (exact) mass is 434 g/mol. The Morgan fingerprint density at radius 1 is 1.19 bits per heavy atom. The first-order chi connectivity index (χ1) is 12.1. The molecule has 5 nitrogen and oxygen atoms in total. The largest absolute Gasteiger partial charge is 0.497 e. The SMILES string of the molecule is Br.COc1cccc(Nc2nc(-c3c(C)nc4ccc(F)cn34)cs2)c1. The number of anilines is 2. The number of aryl methyl sites for hydroxylation is 1. The number of methoxy groups -OCH3 is 1. The fourth-order valence-corrected chi connectivity index (χ4v) is 3.42. The number of ether oxygens (including phenoxy) is 1. The van der Waals surface area contributed by atoms with E-state index in [1.54, 1.807) is 17.6 Å². The van der Waals surface area contributed by atoms with Crippen LogP contribution in [0.1, 0.15) is 5.69 Å². The normalized spacial score (nSPS) is 10.6. The second-order valence-corrected chi connectivity index (χ2v) is 6.37. The first kappa shape index (κ1) is 18.3. The van der Waals surface area contributed by atoms with Crippen molar-refractivity contribution < 1.29 is 9.13 Å². The van der Waals surface area contributed by atoms with Gasteiger partial charge in [0.2, 0.25) is 0 Å². The van der Waals surface area contributed by atoms with E-state index in [9.17, 15) is 4.39 Å². The van der Waals surface area contributed by atoms with E-state index in [0.29, 0.717) is 5.65 Å². The van der Waals surface area contributed by atoms with Crippen molar-refractivity contribution in [1.82, 2.24) is 14.4 Å². The van der Waals surface area contributed by atoms with Gasteiger partial charge >= 0.3 is 0 Å². The number of halogens is 2. The number of pyridine rings is 1. The van der Waals surface area contributed by atoms with E-state index in [1.807, 2.05) is 36.6 Å². The lowest BCUT2D eigenvalue weighted by Gasteiger charge is -2.05. The van der Waals surface area contributed by atoms with Crippen LogP contribution >= 0.6 is 28.3 Å². The summed E-state index contributed by atoms with van der Waals surface area (Å²) in [6.45, 7) is 1.90. The van der Waals surface area contributed by atoms with Gasteiger partial charge < -0.3 is 10.1 Å². The van der Waals surface area contributed by atoms with Gasteiger partial charge in [0.15, 0.2) is 5.13 Å². The van der Waals surface area contributed by atoms with Gasteiger partial charge in [-0.2, -0.15) is 0 Å². The highest BCUT2D eigenvalue weighted by Crippen LogP contribution is 2.30. The Kier molecular flexibility index (Phi) is 5.24. The predicted molar refractivity (Wildman–Crippen MR) is 108 cm³/mol. The van der Waals surface area contributed by atoms with E-state index < -0.39 is 0 Å². The van der Waals surface area contributed by atoms with E-state index in [4.69, 9.17) is 4.74 Å². The molecule has 0 aliphatic carbocycles. The number of aromatic nitrogens is 3. The lowest BCUT2D eigenvalue weighted by atomic mass is 10.3. The third-order valence-corrected chi connectivity index (χ3v) is 4.58. The fourth-order valence-electron chi connectivity index (χ4n) is 2.71. The van der Waals surface area contributed by atoms with Crippen molar-refractivity contribution in [3.63, 3.8) is 0 Å². The molecule has 3 heterocycles. The molecule has 4 aromatic rings. The molecule has 0 spiro atoms. The lowest BCUT2D eigenvalue weighted by Crippen LogP contribution is -1.93. The van der Waals surface area contributed by atoms with Gasteiger partial charge in [0.1, 0.15) is 22.9 Å². The number of thiazole rings is 1. The highest BCUT2D eigenvalue weighted by Gasteiger charge is 2.15. The molecule has 8 heteroatoms. The quantitative estimate of drug-likeness (QED) is 0.477. The van der Waals surface area contributed by atoms with Gasteiger partial charge in [-0.3, -0.25) is 4.40 Å². The van der Waals surface area contributed by atoms with E-state index in [1.165, 1.54) is 23.6 Å². The third kappa shape index (κ3) is 3.42. The summed E-state index contributed by atoms with van der Waals surface area (Å²) < 4.78 is 20.6. The number of imidazole rings is 1. The molecule has 1 aromatic carbocycles. The zero-order valence-electron chi connectivity index (χ0n) is 14.1. The number of nitrogens with zero attached hydrogens (tertiary/aromatic N) is 3. The Morgan fingerprint density at radius 3 is 2.85 bits per heavy atom. The Morgan fingerprint density at radius 2 is 2.04 bits per heavy atom. The molecule has 26 heavy (non-hydrogen) atoms. The summed E-state index contributed by atoms with van der Waals surface area (Å²) in [5.74, 6) is 0.464. The summed E-state index contributed by atoms with van der Waals surface area (Å²) >= 11 is 1.48. The standard InChI is InChI=1S/C18H15FN4OS.BrH/c1-11-17(23-9-12(19)6-7-16(23)20-11)15-10-25-18(22-15)21-13-4-3-5-14(8-13)24-2;/h3-10H,1-2H3,(H,21,22);1H. The maximum atomic E-state index is 13.6. The molecule has 134 valence electrons. The van der Waals surface area contributed by atoms with Crippen LogP contribution in [0.25, 0.3) is 17.0 Å². The molecule has 0 amide bonds. The molecule has 0 aliphatic rings. The van der Waals surface area contributed by atoms with Gasteiger partial charge in [0, 0.05) is 23.3 Å². The Labute approximate surface area is 164 Å². The van der Waals surface area contributed by atoms with Gasteiger partial charge in [-0.25, -0.2) is 14.4 Å². The molecule has 3 aromatic heterocycles. The van der Waals surface area contributed by atoms with Crippen molar-refractivity contribution in [3.05, 3.63) is 59.5 Å². The number of rotatable bonds is 4. The lowest BCUT2D eigenvalue weighted by molar-refractivity contribution is 0.415. The third-order valence-electron chi connectivity index (χ3n) is 3.82. The molecule has 0 aliphatic heterocycles. The molecular weight excluding hydrogens is 419 g/mol. The van der Waals surface area contributed by atoms with Crippen LogP contribution in [0.15, 0.2) is 48.0 Å². The van der Waals surface area contributed by atoms with Crippen LogP contribution in [-0.4, -0.2) is 21.5 Å². The maximum absolute atomic E-state index is 13.6. The van der Waals surface area contributed by atoms with Crippen LogP contribution in [0, 0.1) is 12.7 Å². The molecular formula is C18H16BrFN4OS. The minimum absolute atomic E-state index is 0. The zero-order chi connectivity index (χ0) is 17.4. The van der Waals surface area contributed by atoms with Gasteiger partial charge in [0.05, 0.1) is 18.5 Å². The molecule has 0 saturated heterocycles. The summed E-state index contributed by atoms with van der Waals surface area (Å²) in [7, 11) is 1.63. The topological polar surface area (TPSA) is 51.5 Å². The van der Waals surface area contributed by atoms with Crippen LogP contribution < -0.4 is 10.1 Å². The number of benzene rings is 1. The van der Waals surface area contributed by atoms with Crippen LogP contribution in [-0.2, 0) is 0 Å². The van der Waals surface area contributed by atoms with Gasteiger partial charge in [0.25, 0.3) is 0 Å². The van der Waals surface area contributed by atoms with Crippen LogP contribution in [0.4, 0.5) is 15.2 Å². The number of hydrogen-bond donors (Lipinski definition) is 1. The highest BCUT2D eigenvalue weighted by molar-refractivity contribution is 8.93. The van der Waals surface area contributed by atoms with Crippen molar-refractivity contribution in [3.8, 4) is 17.1 Å². The first-order valence-electron chi connectivity index (χ1n) is 7.65. The van der Waals surface area contributed by atoms with Crippen molar-refractivity contribution in [2.24, 2.45) is 0 Å². The molecule has 0 saturated carbocycles. The Hall–Kier alpha value is -2.45. The minimum atomic E-state index is -0.309. The van der Waals surface area contributed by atoms with Gasteiger partial charge in [-0.1, -0.05) is 6.07 Å². The van der Waals surface area contributed by atoms with Crippen molar-refractivity contribution in [2.45, 2.75) is 6.92 Å². The molecule has 0 fully saturated rings. The highest BCUT2D eigenvalue weighted by atomic mass is 79.9. The zero-order valence-corrected chi connectivity index (χ0v) is 16.6. The molecule has 0 unspecified atom stereocenters. The minimum Gasteiger partial charge on any atom is -0.497 e. The van der Waals surface area contributed by atoms with Gasteiger partial charge in [-0.15, -0.1) is 28.3 Å². The maximum Gasteiger partial charge on any atom is 0.187 e. The van der Waals surface area contributed by atoms with Crippen LogP contribution in [0.3, 0.4) is 0 Å². The summed E-state index contributed by atoms with van der Waals surface area (Å²) in [5.41, 5.74) is 3.95. The molecule has 0 bridgehead atoms. The Balaban J connectivity index is 0.00000196. The summed E-state index contributed by atoms with van der Waals surface area (Å²) in [6, 6.07) is 10.7. The van der Waals surface area contributed by atoms with E-state index in [0.717, 1.165) is 33.7 Å². The molecule has 1 N–H and O–H groups in total. The van der Waals surface area contributed by atoms with E-state index in [-0.39, 0.29) is 22.8 Å². The molecule has 0 radical (unpaired) electrons. The second kappa shape index (κ2) is 7.43. The van der Waals surface area contributed by atoms with Crippen molar-refractivity contribution in [2.75, 3.05) is 12.4 Å².